The van der Waals surface area contributed by atoms with Crippen LogP contribution in [-0.4, -0.2) is 18.1 Å². The number of rotatable bonds is 6. The minimum atomic E-state index is 0.453. The molecule has 4 nitrogen and oxygen atoms in total. The first-order chi connectivity index (χ1) is 9.19. The van der Waals surface area contributed by atoms with Gasteiger partial charge in [0, 0.05) is 6.54 Å². The summed E-state index contributed by atoms with van der Waals surface area (Å²) in [6, 6.07) is 3.78. The number of pyridine rings is 1. The average Bonchev–Trinajstić information content (AvgIpc) is 2.89. The van der Waals surface area contributed by atoms with Crippen molar-refractivity contribution >= 4 is 11.5 Å². The lowest BCUT2D eigenvalue weighted by molar-refractivity contribution is 0.305. The molecule has 0 unspecified atom stereocenters. The fourth-order valence-electron chi connectivity index (χ4n) is 2.86. The van der Waals surface area contributed by atoms with E-state index in [2.05, 4.69) is 17.2 Å². The zero-order valence-corrected chi connectivity index (χ0v) is 12.0. The second-order valence-electron chi connectivity index (χ2n) is 5.44. The van der Waals surface area contributed by atoms with E-state index in [1.165, 1.54) is 32.1 Å². The molecule has 3 N–H and O–H groups in total. The van der Waals surface area contributed by atoms with Gasteiger partial charge in [-0.15, -0.1) is 0 Å². The minimum absolute atomic E-state index is 0.453. The smallest absolute Gasteiger partial charge is 0.239 e. The lowest BCUT2D eigenvalue weighted by atomic mass is 9.83. The van der Waals surface area contributed by atoms with Gasteiger partial charge in [0.2, 0.25) is 5.88 Å². The molecule has 4 heteroatoms. The Bertz CT molecular complexity index is 414. The van der Waals surface area contributed by atoms with E-state index in [0.29, 0.717) is 23.6 Å². The fraction of sp³-hybridized carbons (Fsp3) is 0.667. The molecule has 1 aliphatic rings. The van der Waals surface area contributed by atoms with E-state index in [1.807, 2.05) is 19.1 Å². The number of ether oxygens (including phenoxy) is 1. The van der Waals surface area contributed by atoms with Gasteiger partial charge in [0.25, 0.3) is 0 Å². The second-order valence-corrected chi connectivity index (χ2v) is 5.44. The molecule has 0 spiro atoms. The van der Waals surface area contributed by atoms with Crippen LogP contribution in [0, 0.1) is 5.41 Å². The molecule has 19 heavy (non-hydrogen) atoms. The Kier molecular flexibility index (Phi) is 4.51. The molecule has 1 aromatic rings. The van der Waals surface area contributed by atoms with Crippen molar-refractivity contribution in [1.29, 1.82) is 0 Å². The molecule has 0 aliphatic heterocycles. The van der Waals surface area contributed by atoms with Crippen LogP contribution in [0.4, 0.5) is 11.5 Å². The maximum absolute atomic E-state index is 5.83. The summed E-state index contributed by atoms with van der Waals surface area (Å²) in [6.45, 7) is 5.80. The molecule has 1 aliphatic carbocycles. The second kappa shape index (κ2) is 6.13. The molecular weight excluding hydrogens is 238 g/mol. The summed E-state index contributed by atoms with van der Waals surface area (Å²) in [5, 5.41) is 3.46. The maximum Gasteiger partial charge on any atom is 0.239 e. The van der Waals surface area contributed by atoms with Crippen molar-refractivity contribution in [3.05, 3.63) is 12.1 Å². The summed E-state index contributed by atoms with van der Waals surface area (Å²) in [5.74, 6) is 1.39. The number of nitrogens with one attached hydrogen (secondary N) is 1. The van der Waals surface area contributed by atoms with E-state index in [0.717, 1.165) is 12.4 Å². The molecule has 0 atom stereocenters. The third-order valence-corrected chi connectivity index (χ3v) is 4.23. The molecule has 2 rings (SSSR count). The van der Waals surface area contributed by atoms with Gasteiger partial charge in [0.1, 0.15) is 5.82 Å². The summed E-state index contributed by atoms with van der Waals surface area (Å²) in [4.78, 5) is 4.43. The molecule has 1 heterocycles. The number of nitrogens with zero attached hydrogens (tertiary/aromatic N) is 1. The monoisotopic (exact) mass is 263 g/mol. The first kappa shape index (κ1) is 14.0. The van der Waals surface area contributed by atoms with Gasteiger partial charge in [0.05, 0.1) is 12.3 Å². The Balaban J connectivity index is 2.01. The number of hydrogen-bond donors (Lipinski definition) is 2. The highest BCUT2D eigenvalue weighted by molar-refractivity contribution is 5.53. The van der Waals surface area contributed by atoms with E-state index in [1.54, 1.807) is 0 Å². The van der Waals surface area contributed by atoms with Crippen LogP contribution in [0.25, 0.3) is 0 Å². The average molecular weight is 263 g/mol. The lowest BCUT2D eigenvalue weighted by Crippen LogP contribution is -2.26. The quantitative estimate of drug-likeness (QED) is 0.825. The highest BCUT2D eigenvalue weighted by Crippen LogP contribution is 2.40. The summed E-state index contributed by atoms with van der Waals surface area (Å²) >= 11 is 0. The van der Waals surface area contributed by atoms with Crippen LogP contribution >= 0.6 is 0 Å². The zero-order chi connectivity index (χ0) is 13.7. The van der Waals surface area contributed by atoms with Crippen LogP contribution in [0.2, 0.25) is 0 Å². The Morgan fingerprint density at radius 1 is 1.32 bits per heavy atom. The number of nitrogens with two attached hydrogens (primary N) is 1. The Labute approximate surface area is 115 Å². The van der Waals surface area contributed by atoms with Crippen molar-refractivity contribution in [1.82, 2.24) is 4.98 Å². The maximum atomic E-state index is 5.83. The largest absolute Gasteiger partial charge is 0.476 e. The van der Waals surface area contributed by atoms with Gasteiger partial charge in [-0.25, -0.2) is 0 Å². The van der Waals surface area contributed by atoms with E-state index in [-0.39, 0.29) is 0 Å². The number of anilines is 2. The van der Waals surface area contributed by atoms with Crippen LogP contribution in [0.1, 0.15) is 46.0 Å². The Morgan fingerprint density at radius 2 is 2.05 bits per heavy atom. The summed E-state index contributed by atoms with van der Waals surface area (Å²) in [5.41, 5.74) is 6.88. The van der Waals surface area contributed by atoms with Crippen LogP contribution in [0.5, 0.6) is 5.88 Å². The minimum Gasteiger partial charge on any atom is -0.476 e. The highest BCUT2D eigenvalue weighted by Gasteiger charge is 2.31. The van der Waals surface area contributed by atoms with Gasteiger partial charge in [-0.05, 0) is 43.7 Å². The molecule has 106 valence electrons. The van der Waals surface area contributed by atoms with Crippen LogP contribution in [-0.2, 0) is 0 Å². The van der Waals surface area contributed by atoms with Gasteiger partial charge in [0.15, 0.2) is 0 Å². The van der Waals surface area contributed by atoms with E-state index in [4.69, 9.17) is 10.5 Å². The fourth-order valence-corrected chi connectivity index (χ4v) is 2.86. The van der Waals surface area contributed by atoms with Crippen LogP contribution in [0.3, 0.4) is 0 Å². The van der Waals surface area contributed by atoms with Crippen molar-refractivity contribution in [2.45, 2.75) is 46.0 Å². The normalized spacial score (nSPS) is 17.4. The summed E-state index contributed by atoms with van der Waals surface area (Å²) in [6.07, 6.45) is 6.59. The highest BCUT2D eigenvalue weighted by atomic mass is 16.5. The van der Waals surface area contributed by atoms with E-state index >= 15 is 0 Å². The number of hydrogen-bond acceptors (Lipinski definition) is 4. The predicted molar refractivity (Wildman–Crippen MR) is 79.5 cm³/mol. The predicted octanol–water partition coefficient (Wildman–Crippen LogP) is 3.44. The van der Waals surface area contributed by atoms with Gasteiger partial charge in [-0.3, -0.25) is 0 Å². The first-order valence-electron chi connectivity index (χ1n) is 7.32. The lowest BCUT2D eigenvalue weighted by Gasteiger charge is -2.28. The molecule has 1 fully saturated rings. The van der Waals surface area contributed by atoms with Crippen molar-refractivity contribution < 1.29 is 4.74 Å². The molecule has 1 aromatic heterocycles. The number of nitrogen functional groups attached to an aromatic ring is 1. The molecule has 0 radical (unpaired) electrons. The topological polar surface area (TPSA) is 60.2 Å². The van der Waals surface area contributed by atoms with Gasteiger partial charge in [-0.1, -0.05) is 19.8 Å². The third-order valence-electron chi connectivity index (χ3n) is 4.23. The Hall–Kier alpha value is -1.45. The van der Waals surface area contributed by atoms with Gasteiger partial charge < -0.3 is 15.8 Å². The molecule has 0 aromatic carbocycles. The van der Waals surface area contributed by atoms with Crippen molar-refractivity contribution in [2.75, 3.05) is 24.2 Å². The molecule has 0 saturated heterocycles. The summed E-state index contributed by atoms with van der Waals surface area (Å²) < 4.78 is 5.42. The van der Waals surface area contributed by atoms with Crippen LogP contribution < -0.4 is 15.8 Å². The van der Waals surface area contributed by atoms with Crippen LogP contribution in [0.15, 0.2) is 12.1 Å². The molecular formula is C15H25N3O. The molecule has 0 amide bonds. The van der Waals surface area contributed by atoms with Gasteiger partial charge >= 0.3 is 0 Å². The number of aromatic nitrogens is 1. The Morgan fingerprint density at radius 3 is 2.68 bits per heavy atom. The van der Waals surface area contributed by atoms with E-state index in [9.17, 15) is 0 Å². The van der Waals surface area contributed by atoms with Crippen molar-refractivity contribution in [3.8, 4) is 5.88 Å². The first-order valence-corrected chi connectivity index (χ1v) is 7.32. The van der Waals surface area contributed by atoms with E-state index < -0.39 is 0 Å². The molecule has 0 bridgehead atoms. The summed E-state index contributed by atoms with van der Waals surface area (Å²) in [7, 11) is 0. The molecule has 1 saturated carbocycles. The SMILES string of the molecule is CCOc1nc(NCC2(CC)CCCC2)ccc1N. The standard InChI is InChI=1S/C15H25N3O/c1-3-15(9-5-6-10-15)11-17-13-8-7-12(16)14(18-13)19-4-2/h7-8H,3-6,9-11,16H2,1-2H3,(H,17,18). The van der Waals surface area contributed by atoms with Crippen molar-refractivity contribution in [2.24, 2.45) is 5.41 Å². The van der Waals surface area contributed by atoms with Gasteiger partial charge in [-0.2, -0.15) is 4.98 Å². The zero-order valence-electron chi connectivity index (χ0n) is 12.0. The third kappa shape index (κ3) is 3.31. The van der Waals surface area contributed by atoms with Crippen molar-refractivity contribution in [3.63, 3.8) is 0 Å².